The highest BCUT2D eigenvalue weighted by Crippen LogP contribution is 2.17. The Balaban J connectivity index is 2.21. The van der Waals surface area contributed by atoms with E-state index in [-0.39, 0.29) is 5.91 Å². The molecule has 0 aromatic rings. The topological polar surface area (TPSA) is 58.4 Å². The third kappa shape index (κ3) is 4.58. The van der Waals surface area contributed by atoms with E-state index >= 15 is 0 Å². The van der Waals surface area contributed by atoms with Crippen molar-refractivity contribution in [3.8, 4) is 0 Å². The molecule has 1 fully saturated rings. The second-order valence-corrected chi connectivity index (χ2v) is 5.88. The molecule has 18 heavy (non-hydrogen) atoms. The molecule has 1 amide bonds. The van der Waals surface area contributed by atoms with Crippen molar-refractivity contribution in [1.82, 2.24) is 10.2 Å². The molecule has 1 rings (SSSR count). The van der Waals surface area contributed by atoms with E-state index in [4.69, 9.17) is 5.73 Å². The van der Waals surface area contributed by atoms with Crippen molar-refractivity contribution in [3.63, 3.8) is 0 Å². The maximum atomic E-state index is 11.5. The van der Waals surface area contributed by atoms with Crippen LogP contribution in [0.25, 0.3) is 0 Å². The summed E-state index contributed by atoms with van der Waals surface area (Å²) < 4.78 is 0. The molecule has 3 N–H and O–H groups in total. The van der Waals surface area contributed by atoms with Crippen molar-refractivity contribution in [2.45, 2.75) is 52.0 Å². The minimum absolute atomic E-state index is 0.237. The van der Waals surface area contributed by atoms with Crippen LogP contribution in [0.3, 0.4) is 0 Å². The van der Waals surface area contributed by atoms with Gasteiger partial charge in [-0.3, -0.25) is 4.79 Å². The van der Waals surface area contributed by atoms with Crippen LogP contribution in [-0.4, -0.2) is 42.5 Å². The second-order valence-electron chi connectivity index (χ2n) is 5.88. The van der Waals surface area contributed by atoms with Crippen molar-refractivity contribution in [2.24, 2.45) is 11.7 Å². The van der Waals surface area contributed by atoms with Crippen LogP contribution in [-0.2, 0) is 4.79 Å². The maximum absolute atomic E-state index is 11.5. The van der Waals surface area contributed by atoms with Crippen molar-refractivity contribution >= 4 is 5.91 Å². The number of likely N-dealkylation sites (tertiary alicyclic amines) is 1. The lowest BCUT2D eigenvalue weighted by Gasteiger charge is -2.27. The molecule has 1 saturated heterocycles. The summed E-state index contributed by atoms with van der Waals surface area (Å²) in [5, 5.41) is 3.21. The Kier molecular flexibility index (Phi) is 6.09. The molecule has 1 heterocycles. The van der Waals surface area contributed by atoms with Gasteiger partial charge in [0.15, 0.2) is 0 Å². The largest absolute Gasteiger partial charge is 0.368 e. The highest BCUT2D eigenvalue weighted by molar-refractivity contribution is 5.84. The first-order chi connectivity index (χ1) is 8.48. The fraction of sp³-hybridized carbons (Fsp3) is 0.929. The van der Waals surface area contributed by atoms with Crippen LogP contribution >= 0.6 is 0 Å². The second kappa shape index (κ2) is 7.10. The molecule has 2 unspecified atom stereocenters. The van der Waals surface area contributed by atoms with E-state index in [1.54, 1.807) is 0 Å². The summed E-state index contributed by atoms with van der Waals surface area (Å²) in [4.78, 5) is 14.0. The number of nitrogens with two attached hydrogens (primary N) is 1. The summed E-state index contributed by atoms with van der Waals surface area (Å²) in [5.74, 6) is 0.613. The standard InChI is InChI=1S/C14H29N3O/c1-4-16-14(3,13(15)18)8-5-6-9-17-10-7-12(2)11-17/h12,16H,4-11H2,1-3H3,(H2,15,18). The average molecular weight is 255 g/mol. The van der Waals surface area contributed by atoms with Crippen LogP contribution in [0.2, 0.25) is 0 Å². The lowest BCUT2D eigenvalue weighted by Crippen LogP contribution is -2.53. The third-order valence-corrected chi connectivity index (χ3v) is 4.02. The Bertz CT molecular complexity index is 270. The van der Waals surface area contributed by atoms with Crippen LogP contribution < -0.4 is 11.1 Å². The summed E-state index contributed by atoms with van der Waals surface area (Å²) >= 11 is 0. The molecule has 0 radical (unpaired) electrons. The van der Waals surface area contributed by atoms with Crippen molar-refractivity contribution in [3.05, 3.63) is 0 Å². The summed E-state index contributed by atoms with van der Waals surface area (Å²) in [6, 6.07) is 0. The fourth-order valence-electron chi connectivity index (χ4n) is 2.73. The average Bonchev–Trinajstić information content (AvgIpc) is 2.71. The first kappa shape index (κ1) is 15.4. The van der Waals surface area contributed by atoms with Gasteiger partial charge >= 0.3 is 0 Å². The zero-order chi connectivity index (χ0) is 13.6. The highest BCUT2D eigenvalue weighted by Gasteiger charge is 2.29. The Hall–Kier alpha value is -0.610. The number of unbranched alkanes of at least 4 members (excludes halogenated alkanes) is 1. The number of carbonyl (C=O) groups excluding carboxylic acids is 1. The SMILES string of the molecule is CCNC(C)(CCCCN1CCC(C)C1)C(N)=O. The molecule has 4 nitrogen and oxygen atoms in total. The summed E-state index contributed by atoms with van der Waals surface area (Å²) in [7, 11) is 0. The van der Waals surface area contributed by atoms with Crippen molar-refractivity contribution in [1.29, 1.82) is 0 Å². The molecular formula is C14H29N3O. The summed E-state index contributed by atoms with van der Waals surface area (Å²) in [6.07, 6.45) is 4.37. The van der Waals surface area contributed by atoms with Gasteiger partial charge in [0.25, 0.3) is 0 Å². The number of nitrogens with zero attached hydrogens (tertiary/aromatic N) is 1. The van der Waals surface area contributed by atoms with E-state index in [0.717, 1.165) is 38.3 Å². The van der Waals surface area contributed by atoms with Gasteiger partial charge in [0.05, 0.1) is 5.54 Å². The normalized spacial score (nSPS) is 24.1. The minimum Gasteiger partial charge on any atom is -0.368 e. The first-order valence-corrected chi connectivity index (χ1v) is 7.25. The van der Waals surface area contributed by atoms with Gasteiger partial charge in [0.2, 0.25) is 5.91 Å². The lowest BCUT2D eigenvalue weighted by molar-refractivity contribution is -0.124. The van der Waals surface area contributed by atoms with Crippen LogP contribution in [0, 0.1) is 5.92 Å². The number of nitrogens with one attached hydrogen (secondary N) is 1. The van der Waals surface area contributed by atoms with Gasteiger partial charge in [-0.2, -0.15) is 0 Å². The molecule has 2 atom stereocenters. The van der Waals surface area contributed by atoms with E-state index in [9.17, 15) is 4.79 Å². The van der Waals surface area contributed by atoms with E-state index in [1.807, 2.05) is 13.8 Å². The molecule has 0 aromatic carbocycles. The zero-order valence-electron chi connectivity index (χ0n) is 12.2. The third-order valence-electron chi connectivity index (χ3n) is 4.02. The summed E-state index contributed by atoms with van der Waals surface area (Å²) in [6.45, 7) is 10.6. The van der Waals surface area contributed by atoms with Crippen LogP contribution in [0.1, 0.15) is 46.5 Å². The molecule has 106 valence electrons. The molecule has 0 spiro atoms. The molecule has 1 aliphatic heterocycles. The van der Waals surface area contributed by atoms with Crippen molar-refractivity contribution in [2.75, 3.05) is 26.2 Å². The lowest BCUT2D eigenvalue weighted by atomic mass is 9.94. The molecule has 0 aliphatic carbocycles. The smallest absolute Gasteiger partial charge is 0.237 e. The monoisotopic (exact) mass is 255 g/mol. The van der Waals surface area contributed by atoms with E-state index in [2.05, 4.69) is 17.1 Å². The number of rotatable bonds is 8. The molecule has 0 bridgehead atoms. The molecule has 4 heteroatoms. The van der Waals surface area contributed by atoms with Gasteiger partial charge in [-0.25, -0.2) is 0 Å². The number of hydrogen-bond donors (Lipinski definition) is 2. The Morgan fingerprint density at radius 1 is 1.50 bits per heavy atom. The Labute approximate surface area is 111 Å². The quantitative estimate of drug-likeness (QED) is 0.644. The number of carbonyl (C=O) groups is 1. The van der Waals surface area contributed by atoms with Crippen LogP contribution in [0.4, 0.5) is 0 Å². The van der Waals surface area contributed by atoms with Gasteiger partial charge in [-0.05, 0) is 58.2 Å². The van der Waals surface area contributed by atoms with Gasteiger partial charge in [0.1, 0.15) is 0 Å². The highest BCUT2D eigenvalue weighted by atomic mass is 16.1. The van der Waals surface area contributed by atoms with E-state index in [1.165, 1.54) is 19.5 Å². The fourth-order valence-corrected chi connectivity index (χ4v) is 2.73. The Morgan fingerprint density at radius 2 is 2.22 bits per heavy atom. The van der Waals surface area contributed by atoms with Crippen LogP contribution in [0.15, 0.2) is 0 Å². The van der Waals surface area contributed by atoms with Crippen molar-refractivity contribution < 1.29 is 4.79 Å². The molecule has 1 aliphatic rings. The number of amides is 1. The van der Waals surface area contributed by atoms with E-state index < -0.39 is 5.54 Å². The van der Waals surface area contributed by atoms with Crippen LogP contribution in [0.5, 0.6) is 0 Å². The number of hydrogen-bond acceptors (Lipinski definition) is 3. The van der Waals surface area contributed by atoms with Gasteiger partial charge in [-0.1, -0.05) is 13.8 Å². The first-order valence-electron chi connectivity index (χ1n) is 7.25. The predicted octanol–water partition coefficient (Wildman–Crippen LogP) is 1.35. The Morgan fingerprint density at radius 3 is 2.72 bits per heavy atom. The summed E-state index contributed by atoms with van der Waals surface area (Å²) in [5.41, 5.74) is 4.93. The number of primary amides is 1. The van der Waals surface area contributed by atoms with Gasteiger partial charge in [-0.15, -0.1) is 0 Å². The van der Waals surface area contributed by atoms with Gasteiger partial charge < -0.3 is 16.0 Å². The maximum Gasteiger partial charge on any atom is 0.237 e. The minimum atomic E-state index is -0.535. The van der Waals surface area contributed by atoms with E-state index in [0.29, 0.717) is 0 Å². The molecule has 0 saturated carbocycles. The zero-order valence-corrected chi connectivity index (χ0v) is 12.2. The molecular weight excluding hydrogens is 226 g/mol. The predicted molar refractivity (Wildman–Crippen MR) is 75.3 cm³/mol. The van der Waals surface area contributed by atoms with Gasteiger partial charge in [0, 0.05) is 6.54 Å². The molecule has 0 aromatic heterocycles. The number of likely N-dealkylation sites (N-methyl/N-ethyl adjacent to an activating group) is 1.